The fourth-order valence-electron chi connectivity index (χ4n) is 2.49. The monoisotopic (exact) mass is 276 g/mol. The van der Waals surface area contributed by atoms with E-state index in [-0.39, 0.29) is 11.9 Å². The minimum atomic E-state index is -0.0831. The van der Waals surface area contributed by atoms with E-state index >= 15 is 0 Å². The maximum absolute atomic E-state index is 12.3. The van der Waals surface area contributed by atoms with Gasteiger partial charge in [0.1, 0.15) is 13.5 Å². The average molecular weight is 276 g/mol. The van der Waals surface area contributed by atoms with E-state index in [1.165, 1.54) is 5.46 Å². The molecular weight excluding hydrogens is 259 g/mol. The molecule has 1 amide bonds. The third-order valence-electron chi connectivity index (χ3n) is 3.66. The lowest BCUT2D eigenvalue weighted by Crippen LogP contribution is -2.27. The highest BCUT2D eigenvalue weighted by Crippen LogP contribution is 2.16. The van der Waals surface area contributed by atoms with Crippen LogP contribution in [0.3, 0.4) is 0 Å². The van der Waals surface area contributed by atoms with E-state index in [0.29, 0.717) is 5.69 Å². The molecule has 2 aromatic carbocycles. The van der Waals surface area contributed by atoms with Crippen LogP contribution in [0.2, 0.25) is 0 Å². The molecule has 0 spiro atoms. The zero-order valence-corrected chi connectivity index (χ0v) is 12.2. The molecule has 0 aliphatic carbocycles. The summed E-state index contributed by atoms with van der Waals surface area (Å²) in [6, 6.07) is 17.9. The third kappa shape index (κ3) is 2.84. The Morgan fingerprint density at radius 2 is 1.95 bits per heavy atom. The van der Waals surface area contributed by atoms with Crippen molar-refractivity contribution in [1.29, 1.82) is 0 Å². The molecule has 4 heteroatoms. The first kappa shape index (κ1) is 13.5. The highest BCUT2D eigenvalue weighted by Gasteiger charge is 2.13. The Labute approximate surface area is 124 Å². The molecule has 2 N–H and O–H groups in total. The Bertz CT molecular complexity index is 761. The molecule has 1 heterocycles. The lowest BCUT2D eigenvalue weighted by atomic mass is 9.93. The number of nitrogens with one attached hydrogen (secondary N) is 2. The van der Waals surface area contributed by atoms with E-state index in [0.717, 1.165) is 16.5 Å². The quantitative estimate of drug-likeness (QED) is 0.705. The van der Waals surface area contributed by atoms with Gasteiger partial charge in [0.25, 0.3) is 5.91 Å². The van der Waals surface area contributed by atoms with Crippen molar-refractivity contribution in [3.05, 3.63) is 65.9 Å². The molecule has 3 nitrogen and oxygen atoms in total. The molecule has 0 bridgehead atoms. The van der Waals surface area contributed by atoms with Gasteiger partial charge in [-0.15, -0.1) is 0 Å². The zero-order chi connectivity index (χ0) is 14.8. The van der Waals surface area contributed by atoms with Gasteiger partial charge in [-0.1, -0.05) is 47.9 Å². The summed E-state index contributed by atoms with van der Waals surface area (Å²) in [6.45, 7) is 2.00. The van der Waals surface area contributed by atoms with Crippen LogP contribution >= 0.6 is 0 Å². The Kier molecular flexibility index (Phi) is 3.52. The first-order valence-electron chi connectivity index (χ1n) is 7.08. The summed E-state index contributed by atoms with van der Waals surface area (Å²) < 4.78 is 0. The fourth-order valence-corrected chi connectivity index (χ4v) is 2.49. The lowest BCUT2D eigenvalue weighted by molar-refractivity contribution is 0.0935. The largest absolute Gasteiger partial charge is 0.351 e. The van der Waals surface area contributed by atoms with Gasteiger partial charge in [0.05, 0.1) is 6.04 Å². The fraction of sp³-hybridized carbons (Fsp3) is 0.118. The van der Waals surface area contributed by atoms with Crippen molar-refractivity contribution in [2.24, 2.45) is 0 Å². The topological polar surface area (TPSA) is 44.9 Å². The number of aromatic amines is 1. The van der Waals surface area contributed by atoms with Crippen molar-refractivity contribution >= 4 is 30.1 Å². The van der Waals surface area contributed by atoms with E-state index in [1.54, 1.807) is 0 Å². The number of aromatic nitrogens is 1. The summed E-state index contributed by atoms with van der Waals surface area (Å²) in [6.07, 6.45) is 0. The number of carbonyl (C=O) groups excluding carboxylic acids is 1. The smallest absolute Gasteiger partial charge is 0.268 e. The van der Waals surface area contributed by atoms with E-state index in [4.69, 9.17) is 0 Å². The molecule has 3 rings (SSSR count). The second kappa shape index (κ2) is 5.48. The first-order chi connectivity index (χ1) is 10.1. The van der Waals surface area contributed by atoms with Gasteiger partial charge in [0.15, 0.2) is 0 Å². The molecular formula is C17H17BN2O. The van der Waals surface area contributed by atoms with E-state index in [2.05, 4.69) is 30.3 Å². The molecule has 1 atom stereocenters. The van der Waals surface area contributed by atoms with Crippen LogP contribution in [0.4, 0.5) is 0 Å². The van der Waals surface area contributed by atoms with Crippen LogP contribution in [0.1, 0.15) is 29.0 Å². The van der Waals surface area contributed by atoms with Gasteiger partial charge in [0.2, 0.25) is 0 Å². The van der Waals surface area contributed by atoms with Gasteiger partial charge in [-0.2, -0.15) is 0 Å². The van der Waals surface area contributed by atoms with Crippen molar-refractivity contribution in [2.45, 2.75) is 13.0 Å². The number of rotatable bonds is 3. The molecule has 3 aromatic rings. The molecule has 1 aromatic heterocycles. The normalized spacial score (nSPS) is 12.2. The van der Waals surface area contributed by atoms with Gasteiger partial charge in [-0.05, 0) is 24.6 Å². The lowest BCUT2D eigenvalue weighted by Gasteiger charge is -2.14. The van der Waals surface area contributed by atoms with Crippen molar-refractivity contribution in [1.82, 2.24) is 10.3 Å². The maximum Gasteiger partial charge on any atom is 0.268 e. The standard InChI is InChI=1S/C17H17BN2O/c1-11(12-6-4-7-14(18)9-12)19-17(21)16-10-13-5-2-3-8-15(13)20-16/h2-11,20H,18H2,1H3,(H,19,21). The second-order valence-electron chi connectivity index (χ2n) is 5.38. The van der Waals surface area contributed by atoms with E-state index in [9.17, 15) is 4.79 Å². The molecule has 1 unspecified atom stereocenters. The summed E-state index contributed by atoms with van der Waals surface area (Å²) in [4.78, 5) is 15.5. The van der Waals surface area contributed by atoms with Crippen molar-refractivity contribution < 1.29 is 4.79 Å². The van der Waals surface area contributed by atoms with Crippen molar-refractivity contribution in [3.8, 4) is 0 Å². The molecule has 0 radical (unpaired) electrons. The van der Waals surface area contributed by atoms with Crippen LogP contribution in [0, 0.1) is 0 Å². The number of hydrogen-bond donors (Lipinski definition) is 2. The number of hydrogen-bond acceptors (Lipinski definition) is 1. The first-order valence-corrected chi connectivity index (χ1v) is 7.08. The van der Waals surface area contributed by atoms with E-state index in [1.807, 2.05) is 49.4 Å². The predicted molar refractivity (Wildman–Crippen MR) is 88.8 cm³/mol. The molecule has 0 aliphatic heterocycles. The molecule has 0 aliphatic rings. The van der Waals surface area contributed by atoms with Crippen molar-refractivity contribution in [3.63, 3.8) is 0 Å². The molecule has 104 valence electrons. The maximum atomic E-state index is 12.3. The Morgan fingerprint density at radius 3 is 2.71 bits per heavy atom. The van der Waals surface area contributed by atoms with E-state index < -0.39 is 0 Å². The summed E-state index contributed by atoms with van der Waals surface area (Å²) in [5.41, 5.74) is 3.88. The summed E-state index contributed by atoms with van der Waals surface area (Å²) in [5, 5.41) is 4.08. The molecule has 0 saturated heterocycles. The molecule has 0 saturated carbocycles. The molecule has 0 fully saturated rings. The summed E-state index contributed by atoms with van der Waals surface area (Å²) in [5.74, 6) is -0.0831. The highest BCUT2D eigenvalue weighted by molar-refractivity contribution is 6.32. The molecule has 21 heavy (non-hydrogen) atoms. The van der Waals surface area contributed by atoms with Crippen LogP contribution in [0.15, 0.2) is 54.6 Å². The Balaban J connectivity index is 1.79. The number of H-pyrrole nitrogens is 1. The van der Waals surface area contributed by atoms with Gasteiger partial charge in [-0.25, -0.2) is 0 Å². The summed E-state index contributed by atoms with van der Waals surface area (Å²) in [7, 11) is 2.05. The zero-order valence-electron chi connectivity index (χ0n) is 12.2. The Morgan fingerprint density at radius 1 is 1.14 bits per heavy atom. The van der Waals surface area contributed by atoms with Crippen molar-refractivity contribution in [2.75, 3.05) is 0 Å². The highest BCUT2D eigenvalue weighted by atomic mass is 16.1. The van der Waals surface area contributed by atoms with Gasteiger partial charge < -0.3 is 10.3 Å². The van der Waals surface area contributed by atoms with Gasteiger partial charge in [0, 0.05) is 10.9 Å². The van der Waals surface area contributed by atoms with Crippen LogP contribution in [0.5, 0.6) is 0 Å². The van der Waals surface area contributed by atoms with Crippen LogP contribution < -0.4 is 10.8 Å². The number of para-hydroxylation sites is 1. The second-order valence-corrected chi connectivity index (χ2v) is 5.38. The van der Waals surface area contributed by atoms with Gasteiger partial charge in [-0.3, -0.25) is 4.79 Å². The predicted octanol–water partition coefficient (Wildman–Crippen LogP) is 1.92. The SMILES string of the molecule is Bc1cccc(C(C)NC(=O)c2cc3ccccc3[nH]2)c1. The average Bonchev–Trinajstić information content (AvgIpc) is 2.91. The number of amides is 1. The number of benzene rings is 2. The van der Waals surface area contributed by atoms with Crippen LogP contribution in [-0.2, 0) is 0 Å². The number of carbonyl (C=O) groups is 1. The van der Waals surface area contributed by atoms with Crippen LogP contribution in [-0.4, -0.2) is 18.7 Å². The van der Waals surface area contributed by atoms with Crippen LogP contribution in [0.25, 0.3) is 10.9 Å². The minimum absolute atomic E-state index is 0.0242. The number of fused-ring (bicyclic) bond motifs is 1. The van der Waals surface area contributed by atoms with Gasteiger partial charge >= 0.3 is 0 Å². The summed E-state index contributed by atoms with van der Waals surface area (Å²) >= 11 is 0. The minimum Gasteiger partial charge on any atom is -0.351 e. The third-order valence-corrected chi connectivity index (χ3v) is 3.66. The Hall–Kier alpha value is -2.49.